The zero-order chi connectivity index (χ0) is 25.7. The van der Waals surface area contributed by atoms with Crippen LogP contribution < -0.4 is 0 Å². The van der Waals surface area contributed by atoms with Crippen LogP contribution in [0.15, 0.2) is 79.0 Å². The molecule has 1 unspecified atom stereocenters. The van der Waals surface area contributed by atoms with Crippen LogP contribution in [-0.4, -0.2) is 4.57 Å². The second-order valence-electron chi connectivity index (χ2n) is 12.2. The van der Waals surface area contributed by atoms with Gasteiger partial charge in [-0.2, -0.15) is 5.26 Å². The molecule has 0 fully saturated rings. The zero-order valence-electron chi connectivity index (χ0n) is 22.4. The van der Waals surface area contributed by atoms with Gasteiger partial charge in [0.1, 0.15) is 6.07 Å². The monoisotopic (exact) mass is 472 g/mol. The Labute approximate surface area is 215 Å². The second-order valence-corrected chi connectivity index (χ2v) is 12.2. The Morgan fingerprint density at radius 3 is 2.28 bits per heavy atom. The summed E-state index contributed by atoms with van der Waals surface area (Å²) in [5.74, 6) is 0.380. The first-order chi connectivity index (χ1) is 17.1. The Kier molecular flexibility index (Phi) is 5.92. The average molecular weight is 473 g/mol. The molecule has 2 nitrogen and oxygen atoms in total. The Bertz CT molecular complexity index is 1510. The summed E-state index contributed by atoms with van der Waals surface area (Å²) in [6.07, 6.45) is 6.56. The summed E-state index contributed by atoms with van der Waals surface area (Å²) >= 11 is 0. The molecule has 0 spiro atoms. The maximum atomic E-state index is 10.3. The van der Waals surface area contributed by atoms with E-state index >= 15 is 0 Å². The molecule has 2 heteroatoms. The molecule has 0 bridgehead atoms. The number of nitriles is 1. The van der Waals surface area contributed by atoms with Crippen LogP contribution in [0.3, 0.4) is 0 Å². The fraction of sp³-hybridized carbons (Fsp3) is 0.324. The summed E-state index contributed by atoms with van der Waals surface area (Å²) in [7, 11) is 0. The Hall–Kier alpha value is -3.57. The van der Waals surface area contributed by atoms with Crippen LogP contribution in [0.2, 0.25) is 0 Å². The van der Waals surface area contributed by atoms with E-state index in [4.69, 9.17) is 0 Å². The van der Waals surface area contributed by atoms with E-state index < -0.39 is 0 Å². The lowest BCUT2D eigenvalue weighted by molar-refractivity contribution is 0.567. The molecule has 1 aliphatic rings. The van der Waals surface area contributed by atoms with Gasteiger partial charge in [-0.1, -0.05) is 102 Å². The summed E-state index contributed by atoms with van der Waals surface area (Å²) in [4.78, 5) is 0. The molecule has 0 radical (unpaired) electrons. The largest absolute Gasteiger partial charge is 0.315 e. The first kappa shape index (κ1) is 24.1. The predicted octanol–water partition coefficient (Wildman–Crippen LogP) is 8.96. The lowest BCUT2D eigenvalue weighted by Gasteiger charge is -2.21. The molecule has 0 N–H and O–H groups in total. The maximum Gasteiger partial charge on any atom is 0.102 e. The van der Waals surface area contributed by atoms with E-state index in [0.29, 0.717) is 5.92 Å². The number of fused-ring (bicyclic) bond motifs is 2. The molecule has 182 valence electrons. The molecule has 1 aliphatic carbocycles. The van der Waals surface area contributed by atoms with E-state index in [0.717, 1.165) is 35.2 Å². The summed E-state index contributed by atoms with van der Waals surface area (Å²) in [5, 5.41) is 11.6. The van der Waals surface area contributed by atoms with E-state index in [1.807, 2.05) is 0 Å². The first-order valence-corrected chi connectivity index (χ1v) is 13.0. The maximum absolute atomic E-state index is 10.3. The number of para-hydroxylation sites is 1. The van der Waals surface area contributed by atoms with Gasteiger partial charge in [0, 0.05) is 17.5 Å². The van der Waals surface area contributed by atoms with Gasteiger partial charge in [0.05, 0.1) is 16.8 Å². The van der Waals surface area contributed by atoms with Crippen LogP contribution in [-0.2, 0) is 11.8 Å². The van der Waals surface area contributed by atoms with Crippen LogP contribution in [0, 0.1) is 16.7 Å². The second kappa shape index (κ2) is 8.82. The minimum absolute atomic E-state index is 0.0161. The van der Waals surface area contributed by atoms with Crippen molar-refractivity contribution in [3.05, 3.63) is 107 Å². The first-order valence-electron chi connectivity index (χ1n) is 13.0. The molecule has 0 saturated carbocycles. The van der Waals surface area contributed by atoms with Gasteiger partial charge < -0.3 is 4.57 Å². The Morgan fingerprint density at radius 1 is 0.833 bits per heavy atom. The number of hydrogen-bond donors (Lipinski definition) is 0. The Balaban J connectivity index is 1.53. The van der Waals surface area contributed by atoms with Gasteiger partial charge >= 0.3 is 0 Å². The fourth-order valence-corrected chi connectivity index (χ4v) is 5.75. The van der Waals surface area contributed by atoms with E-state index in [1.54, 1.807) is 0 Å². The molecule has 3 aromatic carbocycles. The minimum atomic E-state index is 0.0161. The summed E-state index contributed by atoms with van der Waals surface area (Å²) < 4.78 is 2.22. The molecule has 1 aromatic heterocycles. The third kappa shape index (κ3) is 4.18. The Morgan fingerprint density at radius 2 is 1.56 bits per heavy atom. The molecule has 1 atom stereocenters. The minimum Gasteiger partial charge on any atom is -0.315 e. The molecule has 36 heavy (non-hydrogen) atoms. The molecule has 1 heterocycles. The topological polar surface area (TPSA) is 28.7 Å². The third-order valence-electron chi connectivity index (χ3n) is 7.57. The van der Waals surface area contributed by atoms with Crippen LogP contribution in [0.4, 0.5) is 0 Å². The van der Waals surface area contributed by atoms with E-state index in [-0.39, 0.29) is 10.8 Å². The molecule has 0 saturated heterocycles. The standard InChI is InChI=1S/C34H36N2/c1-33(2,3)29-20-24(25-13-7-8-14-26(25)29)19-18-23-12-11-17-32(28(23)21-35)36-22-30(34(4,5)6)27-15-9-10-16-31(27)36/h7-17,20,22,24H,18-19H2,1-6H3. The normalized spacial score (nSPS) is 15.6. The van der Waals surface area contributed by atoms with Crippen molar-refractivity contribution in [3.8, 4) is 11.8 Å². The summed E-state index contributed by atoms with van der Waals surface area (Å²) in [6.45, 7) is 13.6. The van der Waals surface area contributed by atoms with E-state index in [9.17, 15) is 5.26 Å². The molecule has 5 rings (SSSR count). The van der Waals surface area contributed by atoms with E-state index in [1.165, 1.54) is 27.6 Å². The fourth-order valence-electron chi connectivity index (χ4n) is 5.75. The number of hydrogen-bond acceptors (Lipinski definition) is 1. The van der Waals surface area contributed by atoms with Gasteiger partial charge in [-0.05, 0) is 63.6 Å². The smallest absolute Gasteiger partial charge is 0.102 e. The predicted molar refractivity (Wildman–Crippen MR) is 152 cm³/mol. The van der Waals surface area contributed by atoms with Crippen molar-refractivity contribution in [2.75, 3.05) is 0 Å². The molecule has 0 amide bonds. The highest BCUT2D eigenvalue weighted by atomic mass is 15.0. The molecule has 4 aromatic rings. The van der Waals surface area contributed by atoms with E-state index in [2.05, 4.69) is 131 Å². The SMILES string of the molecule is CC(C)(C)C1=CC(CCc2cccc(-n3cc(C(C)(C)C)c4ccccc43)c2C#N)c2ccccc21. The van der Waals surface area contributed by atoms with Gasteiger partial charge in [-0.3, -0.25) is 0 Å². The van der Waals surface area contributed by atoms with Crippen LogP contribution in [0.25, 0.3) is 22.2 Å². The molecule has 0 aliphatic heterocycles. The van der Waals surface area contributed by atoms with Crippen molar-refractivity contribution >= 4 is 16.5 Å². The quantitative estimate of drug-likeness (QED) is 0.291. The van der Waals surface area contributed by atoms with Crippen molar-refractivity contribution in [1.82, 2.24) is 4.57 Å². The lowest BCUT2D eigenvalue weighted by Crippen LogP contribution is -2.10. The third-order valence-corrected chi connectivity index (χ3v) is 7.57. The van der Waals surface area contributed by atoms with Gasteiger partial charge in [-0.25, -0.2) is 0 Å². The van der Waals surface area contributed by atoms with Crippen LogP contribution >= 0.6 is 0 Å². The summed E-state index contributed by atoms with van der Waals surface area (Å²) in [6, 6.07) is 26.3. The van der Waals surface area contributed by atoms with Crippen LogP contribution in [0.5, 0.6) is 0 Å². The highest BCUT2D eigenvalue weighted by Crippen LogP contribution is 2.46. The number of nitrogens with zero attached hydrogens (tertiary/aromatic N) is 2. The van der Waals surface area contributed by atoms with Gasteiger partial charge in [0.15, 0.2) is 0 Å². The molecular weight excluding hydrogens is 436 g/mol. The number of aromatic nitrogens is 1. The zero-order valence-corrected chi connectivity index (χ0v) is 22.4. The van der Waals surface area contributed by atoms with Crippen molar-refractivity contribution in [2.24, 2.45) is 5.41 Å². The number of benzene rings is 3. The number of rotatable bonds is 4. The van der Waals surface area contributed by atoms with Gasteiger partial charge in [-0.15, -0.1) is 0 Å². The lowest BCUT2D eigenvalue weighted by atomic mass is 9.83. The average Bonchev–Trinajstić information content (AvgIpc) is 3.41. The van der Waals surface area contributed by atoms with Crippen LogP contribution in [0.1, 0.15) is 81.7 Å². The molecular formula is C34H36N2. The van der Waals surface area contributed by atoms with Crippen molar-refractivity contribution in [2.45, 2.75) is 65.7 Å². The van der Waals surface area contributed by atoms with Gasteiger partial charge in [0.2, 0.25) is 0 Å². The van der Waals surface area contributed by atoms with Crippen molar-refractivity contribution in [3.63, 3.8) is 0 Å². The number of allylic oxidation sites excluding steroid dienone is 2. The van der Waals surface area contributed by atoms with Crippen molar-refractivity contribution in [1.29, 1.82) is 5.26 Å². The van der Waals surface area contributed by atoms with Gasteiger partial charge in [0.25, 0.3) is 0 Å². The summed E-state index contributed by atoms with van der Waals surface area (Å²) in [5.41, 5.74) is 9.70. The highest BCUT2D eigenvalue weighted by molar-refractivity contribution is 5.87. The van der Waals surface area contributed by atoms with Crippen molar-refractivity contribution < 1.29 is 0 Å². The number of aryl methyl sites for hydroxylation is 1. The highest BCUT2D eigenvalue weighted by Gasteiger charge is 2.29.